The van der Waals surface area contributed by atoms with Crippen LogP contribution in [0.2, 0.25) is 0 Å². The predicted octanol–water partition coefficient (Wildman–Crippen LogP) is 3.08. The fourth-order valence-corrected chi connectivity index (χ4v) is 2.29. The molecule has 0 fully saturated rings. The van der Waals surface area contributed by atoms with Crippen LogP contribution in [-0.4, -0.2) is 30.9 Å². The topological polar surface area (TPSA) is 24.4 Å². The van der Waals surface area contributed by atoms with E-state index in [1.54, 1.807) is 0 Å². The third-order valence-electron chi connectivity index (χ3n) is 2.73. The molecule has 88 valence electrons. The molecule has 3 heteroatoms. The molecule has 1 N–H and O–H groups in total. The van der Waals surface area contributed by atoms with E-state index in [1.165, 1.54) is 56.5 Å². The van der Waals surface area contributed by atoms with Crippen LogP contribution in [0, 0.1) is 0 Å². The van der Waals surface area contributed by atoms with E-state index in [-0.39, 0.29) is 0 Å². The zero-order valence-corrected chi connectivity index (χ0v) is 10.7. The Labute approximate surface area is 98.3 Å². The highest BCUT2D eigenvalue weighted by atomic mass is 32.2. The fourth-order valence-electron chi connectivity index (χ4n) is 1.80. The van der Waals surface area contributed by atoms with Gasteiger partial charge in [0.15, 0.2) is 0 Å². The van der Waals surface area contributed by atoms with Crippen LogP contribution < -0.4 is 5.32 Å². The summed E-state index contributed by atoms with van der Waals surface area (Å²) in [6.45, 7) is 2.16. The molecule has 0 aromatic rings. The highest BCUT2D eigenvalue weighted by molar-refractivity contribution is 7.98. The monoisotopic (exact) mass is 228 g/mol. The van der Waals surface area contributed by atoms with Gasteiger partial charge in [-0.2, -0.15) is 11.8 Å². The van der Waals surface area contributed by atoms with Gasteiger partial charge in [0.2, 0.25) is 0 Å². The van der Waals surface area contributed by atoms with E-state index in [0.717, 1.165) is 13.1 Å². The molecule has 0 spiro atoms. The summed E-state index contributed by atoms with van der Waals surface area (Å²) < 4.78 is 0. The molecule has 0 aromatic heterocycles. The Balaban J connectivity index is 1.86. The first-order chi connectivity index (χ1) is 7.43. The number of rotatable bonds is 7. The molecular weight excluding hydrogens is 204 g/mol. The number of hydrogen-bond donors (Lipinski definition) is 1. The molecule has 0 unspecified atom stereocenters. The lowest BCUT2D eigenvalue weighted by Gasteiger charge is -2.13. The maximum Gasteiger partial charge on any atom is 0.0963 e. The molecule has 0 radical (unpaired) electrons. The van der Waals surface area contributed by atoms with Crippen molar-refractivity contribution < 1.29 is 0 Å². The van der Waals surface area contributed by atoms with Crippen molar-refractivity contribution in [1.29, 1.82) is 0 Å². The molecule has 1 rings (SSSR count). The van der Waals surface area contributed by atoms with E-state index in [1.807, 2.05) is 11.8 Å². The fraction of sp³-hybridized carbons (Fsp3) is 0.917. The van der Waals surface area contributed by atoms with Gasteiger partial charge in [-0.1, -0.05) is 12.8 Å². The molecule has 1 aliphatic heterocycles. The van der Waals surface area contributed by atoms with Gasteiger partial charge in [-0.15, -0.1) is 0 Å². The molecule has 1 aliphatic rings. The molecule has 0 bridgehead atoms. The van der Waals surface area contributed by atoms with Gasteiger partial charge >= 0.3 is 0 Å². The number of aliphatic imine (C=N–C) groups is 1. The van der Waals surface area contributed by atoms with Crippen LogP contribution in [0.3, 0.4) is 0 Å². The largest absolute Gasteiger partial charge is 0.374 e. The smallest absolute Gasteiger partial charge is 0.0963 e. The molecule has 0 atom stereocenters. The molecule has 2 nitrogen and oxygen atoms in total. The average molecular weight is 228 g/mol. The SMILES string of the molecule is CSCCCCCCNC1=NCCCC1. The second kappa shape index (κ2) is 9.08. The lowest BCUT2D eigenvalue weighted by atomic mass is 10.1. The van der Waals surface area contributed by atoms with Crippen LogP contribution in [0.15, 0.2) is 4.99 Å². The van der Waals surface area contributed by atoms with Crippen molar-refractivity contribution in [1.82, 2.24) is 5.32 Å². The van der Waals surface area contributed by atoms with Gasteiger partial charge in [0.25, 0.3) is 0 Å². The highest BCUT2D eigenvalue weighted by Crippen LogP contribution is 2.06. The van der Waals surface area contributed by atoms with E-state index in [4.69, 9.17) is 0 Å². The van der Waals surface area contributed by atoms with Crippen LogP contribution in [0.4, 0.5) is 0 Å². The van der Waals surface area contributed by atoms with E-state index in [2.05, 4.69) is 16.6 Å². The minimum atomic E-state index is 1.04. The number of nitrogens with zero attached hydrogens (tertiary/aromatic N) is 1. The van der Waals surface area contributed by atoms with Crippen molar-refractivity contribution in [2.75, 3.05) is 25.1 Å². The summed E-state index contributed by atoms with van der Waals surface area (Å²) in [7, 11) is 0. The number of hydrogen-bond acceptors (Lipinski definition) is 3. The van der Waals surface area contributed by atoms with Crippen molar-refractivity contribution >= 4 is 17.6 Å². The van der Waals surface area contributed by atoms with Crippen molar-refractivity contribution in [3.8, 4) is 0 Å². The summed E-state index contributed by atoms with van der Waals surface area (Å²) in [6.07, 6.45) is 11.4. The Morgan fingerprint density at radius 2 is 2.07 bits per heavy atom. The van der Waals surface area contributed by atoms with E-state index >= 15 is 0 Å². The van der Waals surface area contributed by atoms with Crippen LogP contribution in [0.1, 0.15) is 44.9 Å². The molecular formula is C12H24N2S. The first-order valence-electron chi connectivity index (χ1n) is 6.19. The summed E-state index contributed by atoms with van der Waals surface area (Å²) in [5.74, 6) is 2.57. The molecule has 1 heterocycles. The zero-order chi connectivity index (χ0) is 10.8. The normalized spacial score (nSPS) is 16.2. The van der Waals surface area contributed by atoms with E-state index in [9.17, 15) is 0 Å². The first-order valence-corrected chi connectivity index (χ1v) is 7.59. The van der Waals surface area contributed by atoms with Gasteiger partial charge in [0.05, 0.1) is 5.84 Å². The minimum absolute atomic E-state index is 1.04. The van der Waals surface area contributed by atoms with Crippen LogP contribution in [-0.2, 0) is 0 Å². The van der Waals surface area contributed by atoms with Crippen molar-refractivity contribution in [3.05, 3.63) is 0 Å². The lowest BCUT2D eigenvalue weighted by Crippen LogP contribution is -2.26. The van der Waals surface area contributed by atoms with Gasteiger partial charge in [0.1, 0.15) is 0 Å². The Bertz CT molecular complexity index is 180. The number of thioether (sulfide) groups is 1. The van der Waals surface area contributed by atoms with Crippen molar-refractivity contribution in [2.24, 2.45) is 4.99 Å². The summed E-state index contributed by atoms with van der Waals surface area (Å²) in [6, 6.07) is 0. The van der Waals surface area contributed by atoms with E-state index < -0.39 is 0 Å². The summed E-state index contributed by atoms with van der Waals surface area (Å²) in [4.78, 5) is 4.48. The van der Waals surface area contributed by atoms with E-state index in [0.29, 0.717) is 0 Å². The minimum Gasteiger partial charge on any atom is -0.374 e. The van der Waals surface area contributed by atoms with Gasteiger partial charge in [-0.05, 0) is 37.7 Å². The van der Waals surface area contributed by atoms with Crippen LogP contribution >= 0.6 is 11.8 Å². The zero-order valence-electron chi connectivity index (χ0n) is 9.93. The molecule has 0 amide bonds. The Kier molecular flexibility index (Phi) is 7.80. The third kappa shape index (κ3) is 6.82. The molecule has 0 aliphatic carbocycles. The summed E-state index contributed by atoms with van der Waals surface area (Å²) in [5, 5.41) is 3.46. The number of unbranched alkanes of at least 4 members (excludes halogenated alkanes) is 3. The van der Waals surface area contributed by atoms with Gasteiger partial charge < -0.3 is 5.32 Å². The quantitative estimate of drug-likeness (QED) is 0.677. The number of amidine groups is 1. The van der Waals surface area contributed by atoms with Gasteiger partial charge in [0, 0.05) is 19.5 Å². The standard InChI is InChI=1S/C12H24N2S/c1-15-11-7-3-2-5-9-13-12-8-4-6-10-14-12/h2-11H2,1H3,(H,13,14). The Hall–Kier alpha value is -0.180. The molecule has 15 heavy (non-hydrogen) atoms. The summed E-state index contributed by atoms with van der Waals surface area (Å²) in [5.41, 5.74) is 0. The maximum atomic E-state index is 4.48. The van der Waals surface area contributed by atoms with Crippen LogP contribution in [0.25, 0.3) is 0 Å². The average Bonchev–Trinajstić information content (AvgIpc) is 2.29. The number of nitrogens with one attached hydrogen (secondary N) is 1. The first kappa shape index (κ1) is 12.9. The second-order valence-corrected chi connectivity index (χ2v) is 5.10. The van der Waals surface area contributed by atoms with Gasteiger partial charge in [-0.25, -0.2) is 0 Å². The summed E-state index contributed by atoms with van der Waals surface area (Å²) >= 11 is 1.95. The Morgan fingerprint density at radius 3 is 2.80 bits per heavy atom. The molecule has 0 saturated carbocycles. The maximum absolute atomic E-state index is 4.48. The van der Waals surface area contributed by atoms with Crippen molar-refractivity contribution in [3.63, 3.8) is 0 Å². The van der Waals surface area contributed by atoms with Gasteiger partial charge in [-0.3, -0.25) is 4.99 Å². The highest BCUT2D eigenvalue weighted by Gasteiger charge is 2.03. The molecule has 0 aromatic carbocycles. The van der Waals surface area contributed by atoms with Crippen molar-refractivity contribution in [2.45, 2.75) is 44.9 Å². The third-order valence-corrected chi connectivity index (χ3v) is 3.43. The van der Waals surface area contributed by atoms with Crippen LogP contribution in [0.5, 0.6) is 0 Å². The Morgan fingerprint density at radius 1 is 1.20 bits per heavy atom. The predicted molar refractivity (Wildman–Crippen MR) is 71.0 cm³/mol. The lowest BCUT2D eigenvalue weighted by molar-refractivity contribution is 0.642. The second-order valence-electron chi connectivity index (χ2n) is 4.12. The molecule has 0 saturated heterocycles.